The average Bonchev–Trinajstić information content (AvgIpc) is 2.90. The molecule has 1 fully saturated rings. The van der Waals surface area contributed by atoms with Crippen molar-refractivity contribution in [3.8, 4) is 5.75 Å². The van der Waals surface area contributed by atoms with Crippen molar-refractivity contribution >= 4 is 17.6 Å². The Labute approximate surface area is 216 Å². The maximum absolute atomic E-state index is 14.4. The summed E-state index contributed by atoms with van der Waals surface area (Å²) in [5.41, 5.74) is 3.55. The van der Waals surface area contributed by atoms with E-state index in [1.807, 2.05) is 61.5 Å². The molecule has 0 radical (unpaired) electrons. The maximum Gasteiger partial charge on any atom is 0.335 e. The van der Waals surface area contributed by atoms with Gasteiger partial charge in [0.25, 0.3) is 0 Å². The highest BCUT2D eigenvalue weighted by Gasteiger charge is 2.36. The van der Waals surface area contributed by atoms with E-state index in [2.05, 4.69) is 0 Å². The molecule has 0 aromatic heterocycles. The number of rotatable bonds is 9. The summed E-state index contributed by atoms with van der Waals surface area (Å²) in [7, 11) is 1.35. The fourth-order valence-corrected chi connectivity index (χ4v) is 4.57. The summed E-state index contributed by atoms with van der Waals surface area (Å²) in [6, 6.07) is 20.5. The van der Waals surface area contributed by atoms with Gasteiger partial charge in [-0.15, -0.1) is 0 Å². The van der Waals surface area contributed by atoms with Crippen molar-refractivity contribution in [1.82, 2.24) is 0 Å². The average molecular weight is 513 g/mol. The van der Waals surface area contributed by atoms with Crippen LogP contribution in [-0.2, 0) is 32.0 Å². The van der Waals surface area contributed by atoms with Crippen LogP contribution in [0.25, 0.3) is 0 Å². The number of benzene rings is 3. The molecule has 1 saturated heterocycles. The maximum atomic E-state index is 14.4. The molecule has 190 valence electrons. The molecule has 3 aromatic rings. The predicted molar refractivity (Wildman–Crippen MR) is 136 cm³/mol. The van der Waals surface area contributed by atoms with E-state index in [9.17, 15) is 9.18 Å². The van der Waals surface area contributed by atoms with Crippen LogP contribution in [0.2, 0.25) is 5.02 Å². The number of methoxy groups -OCH3 is 1. The van der Waals surface area contributed by atoms with Crippen molar-refractivity contribution in [1.29, 1.82) is 0 Å². The van der Waals surface area contributed by atoms with Crippen LogP contribution < -0.4 is 4.74 Å². The van der Waals surface area contributed by atoms with Gasteiger partial charge in [-0.05, 0) is 53.8 Å². The van der Waals surface area contributed by atoms with Gasteiger partial charge in [-0.25, -0.2) is 9.18 Å². The Morgan fingerprint density at radius 2 is 1.86 bits per heavy atom. The zero-order valence-electron chi connectivity index (χ0n) is 20.4. The number of carbonyl (C=O) groups is 1. The van der Waals surface area contributed by atoms with E-state index in [0.29, 0.717) is 37.5 Å². The van der Waals surface area contributed by atoms with Gasteiger partial charge in [0.1, 0.15) is 0 Å². The minimum atomic E-state index is -0.728. The number of carbonyl (C=O) groups excluding carboxylic acids is 1. The second-order valence-electron chi connectivity index (χ2n) is 8.75. The molecule has 0 saturated carbocycles. The normalized spacial score (nSPS) is 19.6. The molecule has 36 heavy (non-hydrogen) atoms. The van der Waals surface area contributed by atoms with E-state index in [1.165, 1.54) is 13.2 Å². The Bertz CT molecular complexity index is 1170. The van der Waals surface area contributed by atoms with Gasteiger partial charge < -0.3 is 18.9 Å². The number of ether oxygens (including phenoxy) is 4. The molecule has 2 unspecified atom stereocenters. The Hall–Kier alpha value is -2.93. The first-order valence-electron chi connectivity index (χ1n) is 12.0. The van der Waals surface area contributed by atoms with Gasteiger partial charge in [-0.2, -0.15) is 0 Å². The standard InChI is InChI=1S/C29H30ClFO5/c1-3-34-26-12-9-20(14-25(26)31)13-22-15-21(10-11-24(22)30)27-16-23(17-28(36-27)29(32)33-2)35-18-19-7-5-4-6-8-19/h4-12,14-15,23,27-28H,3,13,16-18H2,1-2H3/t23?,27-,28?/m1/s1. The summed E-state index contributed by atoms with van der Waals surface area (Å²) in [4.78, 5) is 12.4. The van der Waals surface area contributed by atoms with Crippen molar-refractivity contribution in [2.75, 3.05) is 13.7 Å². The fraction of sp³-hybridized carbons (Fsp3) is 0.345. The number of hydrogen-bond donors (Lipinski definition) is 0. The second-order valence-corrected chi connectivity index (χ2v) is 9.16. The largest absolute Gasteiger partial charge is 0.491 e. The van der Waals surface area contributed by atoms with E-state index in [-0.39, 0.29) is 18.0 Å². The van der Waals surface area contributed by atoms with E-state index < -0.39 is 17.9 Å². The van der Waals surface area contributed by atoms with Crippen molar-refractivity contribution in [2.24, 2.45) is 0 Å². The van der Waals surface area contributed by atoms with Crippen LogP contribution in [0.3, 0.4) is 0 Å². The third-order valence-electron chi connectivity index (χ3n) is 6.21. The molecule has 1 aliphatic heterocycles. The van der Waals surface area contributed by atoms with E-state index in [1.54, 1.807) is 6.07 Å². The minimum absolute atomic E-state index is 0.188. The summed E-state index contributed by atoms with van der Waals surface area (Å²) in [5.74, 6) is -0.601. The fourth-order valence-electron chi connectivity index (χ4n) is 4.38. The zero-order chi connectivity index (χ0) is 25.5. The van der Waals surface area contributed by atoms with Gasteiger partial charge in [0.2, 0.25) is 0 Å². The Morgan fingerprint density at radius 1 is 1.06 bits per heavy atom. The first-order chi connectivity index (χ1) is 17.5. The van der Waals surface area contributed by atoms with Crippen molar-refractivity contribution in [3.05, 3.63) is 99.8 Å². The highest BCUT2D eigenvalue weighted by molar-refractivity contribution is 6.31. The third-order valence-corrected chi connectivity index (χ3v) is 6.58. The molecule has 3 atom stereocenters. The van der Waals surface area contributed by atoms with Gasteiger partial charge in [0, 0.05) is 17.9 Å². The highest BCUT2D eigenvalue weighted by atomic mass is 35.5. The minimum Gasteiger partial charge on any atom is -0.491 e. The molecule has 3 aromatic carbocycles. The summed E-state index contributed by atoms with van der Waals surface area (Å²) in [6.07, 6.45) is 0.149. The lowest BCUT2D eigenvalue weighted by atomic mass is 9.93. The summed E-state index contributed by atoms with van der Waals surface area (Å²) >= 11 is 6.50. The first-order valence-corrected chi connectivity index (χ1v) is 12.4. The smallest absolute Gasteiger partial charge is 0.335 e. The third kappa shape index (κ3) is 6.64. The van der Waals surface area contributed by atoms with E-state index in [0.717, 1.165) is 22.3 Å². The molecule has 7 heteroatoms. The summed E-state index contributed by atoms with van der Waals surface area (Å²) in [6.45, 7) is 2.66. The number of esters is 1. The Kier molecular flexibility index (Phi) is 8.97. The Morgan fingerprint density at radius 3 is 2.58 bits per heavy atom. The molecular weight excluding hydrogens is 483 g/mol. The van der Waals surface area contributed by atoms with Gasteiger partial charge in [-0.1, -0.05) is 60.1 Å². The molecule has 0 spiro atoms. The molecule has 5 nitrogen and oxygen atoms in total. The monoisotopic (exact) mass is 512 g/mol. The van der Waals surface area contributed by atoms with Gasteiger partial charge in [0.15, 0.2) is 17.7 Å². The van der Waals surface area contributed by atoms with Gasteiger partial charge >= 0.3 is 5.97 Å². The summed E-state index contributed by atoms with van der Waals surface area (Å²) < 4.78 is 36.9. The van der Waals surface area contributed by atoms with Crippen LogP contribution >= 0.6 is 11.6 Å². The van der Waals surface area contributed by atoms with Crippen LogP contribution in [0.1, 0.15) is 48.1 Å². The van der Waals surface area contributed by atoms with Crippen LogP contribution in [0, 0.1) is 5.82 Å². The molecule has 1 heterocycles. The number of halogens is 2. The van der Waals surface area contributed by atoms with Crippen molar-refractivity contribution in [3.63, 3.8) is 0 Å². The highest BCUT2D eigenvalue weighted by Crippen LogP contribution is 2.36. The molecule has 0 N–H and O–H groups in total. The van der Waals surface area contributed by atoms with Gasteiger partial charge in [0.05, 0.1) is 32.5 Å². The van der Waals surface area contributed by atoms with Crippen molar-refractivity contribution < 1.29 is 28.1 Å². The Balaban J connectivity index is 1.52. The lowest BCUT2D eigenvalue weighted by molar-refractivity contribution is -0.174. The summed E-state index contributed by atoms with van der Waals surface area (Å²) in [5, 5.41) is 0.574. The van der Waals surface area contributed by atoms with Gasteiger partial charge in [-0.3, -0.25) is 0 Å². The van der Waals surface area contributed by atoms with E-state index in [4.69, 9.17) is 30.5 Å². The topological polar surface area (TPSA) is 54.0 Å². The lowest BCUT2D eigenvalue weighted by Gasteiger charge is -2.34. The van der Waals surface area contributed by atoms with Crippen molar-refractivity contribution in [2.45, 2.75) is 51.1 Å². The SMILES string of the molecule is CCOc1ccc(Cc2cc([C@H]3CC(OCc4ccccc4)CC(C(=O)OC)O3)ccc2Cl)cc1F. The predicted octanol–water partition coefficient (Wildman–Crippen LogP) is 6.45. The van der Waals surface area contributed by atoms with E-state index >= 15 is 0 Å². The van der Waals surface area contributed by atoms with Crippen LogP contribution in [0.4, 0.5) is 4.39 Å². The molecule has 0 bridgehead atoms. The van der Waals surface area contributed by atoms with Crippen LogP contribution in [0.15, 0.2) is 66.7 Å². The number of hydrogen-bond acceptors (Lipinski definition) is 5. The molecular formula is C29H30ClFO5. The van der Waals surface area contributed by atoms with Crippen LogP contribution in [0.5, 0.6) is 5.75 Å². The molecule has 4 rings (SSSR count). The molecule has 1 aliphatic rings. The second kappa shape index (κ2) is 12.3. The lowest BCUT2D eigenvalue weighted by Crippen LogP contribution is -2.38. The molecule has 0 aliphatic carbocycles. The van der Waals surface area contributed by atoms with Crippen LogP contribution in [-0.4, -0.2) is 31.9 Å². The zero-order valence-corrected chi connectivity index (χ0v) is 21.2. The first kappa shape index (κ1) is 26.1. The quantitative estimate of drug-likeness (QED) is 0.308. The molecule has 0 amide bonds.